The van der Waals surface area contributed by atoms with Crippen molar-refractivity contribution < 1.29 is 9.53 Å². The standard InChI is InChI=1S/C30H50O2/c1-20-27(5)12-11-22-28(6,21(27)9-10-24(31)32-20)16-18-30(8)23-19-25(2,3)13-14-26(23,4)15-17-29(22,30)7/h20-23H,9-19H2,1-8H3/t20-,21-,22+,23-,26-,27-,28+,29-,30+/m1/s1. The van der Waals surface area contributed by atoms with Crippen LogP contribution in [0, 0.1) is 50.2 Å². The van der Waals surface area contributed by atoms with E-state index in [2.05, 4.69) is 55.4 Å². The van der Waals surface area contributed by atoms with E-state index in [1.165, 1.54) is 57.8 Å². The van der Waals surface area contributed by atoms with Gasteiger partial charge >= 0.3 is 5.97 Å². The molecular formula is C30H50O2. The van der Waals surface area contributed by atoms with Gasteiger partial charge in [0.2, 0.25) is 0 Å². The van der Waals surface area contributed by atoms with Crippen LogP contribution in [-0.2, 0) is 9.53 Å². The van der Waals surface area contributed by atoms with Gasteiger partial charge in [0, 0.05) is 11.8 Å². The number of fused-ring (bicyclic) bond motifs is 7. The smallest absolute Gasteiger partial charge is 0.306 e. The molecule has 2 nitrogen and oxygen atoms in total. The van der Waals surface area contributed by atoms with Gasteiger partial charge in [0.1, 0.15) is 6.10 Å². The molecule has 0 aromatic carbocycles. The summed E-state index contributed by atoms with van der Waals surface area (Å²) in [6, 6.07) is 0. The Morgan fingerprint density at radius 2 is 1.31 bits per heavy atom. The molecule has 0 unspecified atom stereocenters. The summed E-state index contributed by atoms with van der Waals surface area (Å²) >= 11 is 0. The van der Waals surface area contributed by atoms with Crippen molar-refractivity contribution in [3.8, 4) is 0 Å². The Bertz CT molecular complexity index is 801. The number of carbonyl (C=O) groups excluding carboxylic acids is 1. The third-order valence-corrected chi connectivity index (χ3v) is 13.4. The minimum atomic E-state index is 0.0398. The molecule has 1 saturated heterocycles. The van der Waals surface area contributed by atoms with Crippen LogP contribution >= 0.6 is 0 Å². The number of carbonyl (C=O) groups is 1. The Balaban J connectivity index is 1.55. The van der Waals surface area contributed by atoms with Crippen molar-refractivity contribution >= 4 is 5.97 Å². The fourth-order valence-corrected chi connectivity index (χ4v) is 10.9. The highest BCUT2D eigenvalue weighted by molar-refractivity contribution is 5.70. The summed E-state index contributed by atoms with van der Waals surface area (Å²) in [6.45, 7) is 20.5. The lowest BCUT2D eigenvalue weighted by molar-refractivity contribution is -0.255. The quantitative estimate of drug-likeness (QED) is 0.353. The second-order valence-electron chi connectivity index (χ2n) is 15.2. The van der Waals surface area contributed by atoms with Gasteiger partial charge in [0.05, 0.1) is 0 Å². The minimum Gasteiger partial charge on any atom is -0.462 e. The zero-order chi connectivity index (χ0) is 23.4. The van der Waals surface area contributed by atoms with Crippen molar-refractivity contribution in [3.05, 3.63) is 0 Å². The van der Waals surface area contributed by atoms with Gasteiger partial charge in [-0.2, -0.15) is 0 Å². The molecule has 4 aliphatic carbocycles. The summed E-state index contributed by atoms with van der Waals surface area (Å²) in [6.07, 6.45) is 14.1. The van der Waals surface area contributed by atoms with Crippen LogP contribution in [0.3, 0.4) is 0 Å². The fourth-order valence-electron chi connectivity index (χ4n) is 10.9. The molecule has 2 heteroatoms. The monoisotopic (exact) mass is 442 g/mol. The molecule has 0 N–H and O–H groups in total. The van der Waals surface area contributed by atoms with Crippen LogP contribution in [0.5, 0.6) is 0 Å². The van der Waals surface area contributed by atoms with Gasteiger partial charge in [-0.05, 0) is 116 Å². The maximum absolute atomic E-state index is 12.4. The first-order valence-electron chi connectivity index (χ1n) is 13.9. The molecule has 0 amide bonds. The van der Waals surface area contributed by atoms with E-state index >= 15 is 0 Å². The number of rotatable bonds is 0. The Hall–Kier alpha value is -0.530. The molecular weight excluding hydrogens is 392 g/mol. The van der Waals surface area contributed by atoms with Crippen LogP contribution in [-0.4, -0.2) is 12.1 Å². The summed E-state index contributed by atoms with van der Waals surface area (Å²) in [5.74, 6) is 2.28. The molecule has 5 rings (SSSR count). The summed E-state index contributed by atoms with van der Waals surface area (Å²) in [5.41, 5.74) is 2.36. The molecule has 5 fully saturated rings. The van der Waals surface area contributed by atoms with Gasteiger partial charge in [0.25, 0.3) is 0 Å². The van der Waals surface area contributed by atoms with Crippen molar-refractivity contribution in [1.29, 1.82) is 0 Å². The van der Waals surface area contributed by atoms with Gasteiger partial charge in [-0.15, -0.1) is 0 Å². The van der Waals surface area contributed by atoms with Crippen LogP contribution < -0.4 is 0 Å². The minimum absolute atomic E-state index is 0.0398. The van der Waals surface area contributed by atoms with Gasteiger partial charge in [-0.1, -0.05) is 48.5 Å². The Labute approximate surface area is 198 Å². The molecule has 0 aromatic heterocycles. The van der Waals surface area contributed by atoms with Crippen molar-refractivity contribution in [3.63, 3.8) is 0 Å². The van der Waals surface area contributed by atoms with E-state index in [9.17, 15) is 4.79 Å². The van der Waals surface area contributed by atoms with Crippen LogP contribution in [0.15, 0.2) is 0 Å². The van der Waals surface area contributed by atoms with Gasteiger partial charge in [0.15, 0.2) is 0 Å². The number of cyclic esters (lactones) is 1. The second kappa shape index (κ2) is 6.78. The van der Waals surface area contributed by atoms with E-state index in [4.69, 9.17) is 4.74 Å². The van der Waals surface area contributed by atoms with E-state index in [-0.39, 0.29) is 17.5 Å². The van der Waals surface area contributed by atoms with E-state index < -0.39 is 0 Å². The topological polar surface area (TPSA) is 26.3 Å². The van der Waals surface area contributed by atoms with Crippen molar-refractivity contribution in [2.75, 3.05) is 0 Å². The van der Waals surface area contributed by atoms with Crippen LogP contribution in [0.1, 0.15) is 126 Å². The Morgan fingerprint density at radius 3 is 2.03 bits per heavy atom. The number of hydrogen-bond donors (Lipinski definition) is 0. The molecule has 9 atom stereocenters. The second-order valence-corrected chi connectivity index (χ2v) is 15.2. The first-order valence-corrected chi connectivity index (χ1v) is 13.9. The zero-order valence-corrected chi connectivity index (χ0v) is 22.4. The molecule has 0 bridgehead atoms. The first-order chi connectivity index (χ1) is 14.7. The first kappa shape index (κ1) is 23.2. The van der Waals surface area contributed by atoms with Crippen LogP contribution in [0.2, 0.25) is 0 Å². The summed E-state index contributed by atoms with van der Waals surface area (Å²) in [5, 5.41) is 0. The molecule has 4 saturated carbocycles. The number of esters is 1. The highest BCUT2D eigenvalue weighted by Gasteiger charge is 2.70. The average molecular weight is 443 g/mol. The lowest BCUT2D eigenvalue weighted by atomic mass is 9.31. The maximum atomic E-state index is 12.4. The van der Waals surface area contributed by atoms with Crippen molar-refractivity contribution in [2.45, 2.75) is 132 Å². The predicted molar refractivity (Wildman–Crippen MR) is 131 cm³/mol. The molecule has 0 radical (unpaired) electrons. The summed E-state index contributed by atoms with van der Waals surface area (Å²) < 4.78 is 5.93. The number of ether oxygens (including phenoxy) is 1. The van der Waals surface area contributed by atoms with E-state index in [1.807, 2.05) is 0 Å². The Morgan fingerprint density at radius 1 is 0.688 bits per heavy atom. The summed E-state index contributed by atoms with van der Waals surface area (Å²) in [4.78, 5) is 12.4. The highest BCUT2D eigenvalue weighted by atomic mass is 16.5. The lowest BCUT2D eigenvalue weighted by Crippen LogP contribution is -2.67. The molecule has 5 aliphatic rings. The SMILES string of the molecule is C[C@H]1OC(=O)CC[C@@H]2[C@]1(C)CC[C@H]1[C@@]2(C)CC[C@@]2(C)[C@@H]3CC(C)(C)CC[C@]3(C)CC[C@]12C. The van der Waals surface area contributed by atoms with Crippen molar-refractivity contribution in [1.82, 2.24) is 0 Å². The highest BCUT2D eigenvalue weighted by Crippen LogP contribution is 2.77. The summed E-state index contributed by atoms with van der Waals surface area (Å²) in [7, 11) is 0. The van der Waals surface area contributed by atoms with Gasteiger partial charge in [-0.25, -0.2) is 0 Å². The largest absolute Gasteiger partial charge is 0.462 e. The van der Waals surface area contributed by atoms with Crippen molar-refractivity contribution in [2.24, 2.45) is 50.2 Å². The van der Waals surface area contributed by atoms with Gasteiger partial charge < -0.3 is 4.74 Å². The van der Waals surface area contributed by atoms with E-state index in [0.717, 1.165) is 18.3 Å². The van der Waals surface area contributed by atoms with E-state index in [0.29, 0.717) is 39.4 Å². The predicted octanol–water partition coefficient (Wildman–Crippen LogP) is 8.18. The molecule has 0 spiro atoms. The zero-order valence-electron chi connectivity index (χ0n) is 22.4. The number of hydrogen-bond acceptors (Lipinski definition) is 2. The molecule has 0 aromatic rings. The maximum Gasteiger partial charge on any atom is 0.306 e. The van der Waals surface area contributed by atoms with Gasteiger partial charge in [-0.3, -0.25) is 4.79 Å². The third kappa shape index (κ3) is 2.85. The fraction of sp³-hybridized carbons (Fsp3) is 0.967. The van der Waals surface area contributed by atoms with Crippen LogP contribution in [0.4, 0.5) is 0 Å². The average Bonchev–Trinajstić information content (AvgIpc) is 2.82. The molecule has 1 heterocycles. The normalized spacial score (nSPS) is 57.2. The Kier molecular flexibility index (Phi) is 4.92. The molecule has 32 heavy (non-hydrogen) atoms. The lowest BCUT2D eigenvalue weighted by Gasteiger charge is -2.74. The molecule has 1 aliphatic heterocycles. The van der Waals surface area contributed by atoms with Crippen LogP contribution in [0.25, 0.3) is 0 Å². The molecule has 182 valence electrons. The van der Waals surface area contributed by atoms with E-state index in [1.54, 1.807) is 0 Å². The third-order valence-electron chi connectivity index (χ3n) is 13.4.